The molecule has 3 heterocycles. The van der Waals surface area contributed by atoms with Crippen LogP contribution in [0.25, 0.3) is 11.4 Å². The first-order chi connectivity index (χ1) is 17.3. The third-order valence-corrected chi connectivity index (χ3v) is 6.08. The number of carbonyl (C=O) groups is 2. The number of ether oxygens (including phenoxy) is 1. The predicted octanol–water partition coefficient (Wildman–Crippen LogP) is 3.21. The van der Waals surface area contributed by atoms with Gasteiger partial charge in [0.25, 0.3) is 12.4 Å². The third kappa shape index (κ3) is 5.00. The van der Waals surface area contributed by atoms with Gasteiger partial charge < -0.3 is 28.8 Å². The number of aromatic nitrogens is 2. The molecule has 3 N–H and O–H groups in total. The molecule has 2 aliphatic rings. The summed E-state index contributed by atoms with van der Waals surface area (Å²) in [6.45, 7) is 4.02. The van der Waals surface area contributed by atoms with Crippen molar-refractivity contribution in [2.45, 2.75) is 44.2 Å². The molecule has 1 aromatic carbocycles. The Balaban J connectivity index is 0.000000214. The smallest absolute Gasteiger partial charge is 0.340 e. The fraction of sp³-hybridized carbons (Fsp3) is 0.333. The summed E-state index contributed by atoms with van der Waals surface area (Å²) in [5.41, 5.74) is 3.62. The van der Waals surface area contributed by atoms with Crippen LogP contribution in [0.3, 0.4) is 0 Å². The fourth-order valence-corrected chi connectivity index (χ4v) is 3.82. The maximum Gasteiger partial charge on any atom is 0.340 e. The first kappa shape index (κ1) is 25.1. The standard InChI is InChI=1S/C15H14N4O5.C9H9ClO2/c1-7-10(16-2)8(19-24-7)3-4-9-17-11-12(22-9)23-13(18-11)15(5-6-15)14(20)21;1-7(12-6-11)8-4-2-3-5-9(8)10/h8,16,19H,5-6H2,1-2H3,(H,20,21);2-7H,1H3. The lowest BCUT2D eigenvalue weighted by atomic mass is 10.1. The van der Waals surface area contributed by atoms with E-state index in [1.165, 1.54) is 0 Å². The number of halogens is 1. The summed E-state index contributed by atoms with van der Waals surface area (Å²) >= 11 is 5.86. The fourth-order valence-electron chi connectivity index (χ4n) is 3.53. The zero-order chi connectivity index (χ0) is 25.9. The van der Waals surface area contributed by atoms with E-state index in [4.69, 9.17) is 30.0 Å². The van der Waals surface area contributed by atoms with Crippen LogP contribution in [0.4, 0.5) is 0 Å². The van der Waals surface area contributed by atoms with Crippen LogP contribution in [0.5, 0.6) is 0 Å². The number of hydrogen-bond acceptors (Lipinski definition) is 10. The molecule has 2 aromatic heterocycles. The molecule has 2 unspecified atom stereocenters. The van der Waals surface area contributed by atoms with E-state index in [9.17, 15) is 14.7 Å². The van der Waals surface area contributed by atoms with Crippen LogP contribution in [-0.4, -0.2) is 40.6 Å². The van der Waals surface area contributed by atoms with E-state index in [0.29, 0.717) is 30.1 Å². The van der Waals surface area contributed by atoms with E-state index in [1.54, 1.807) is 20.0 Å². The normalized spacial score (nSPS) is 18.3. The number of benzene rings is 1. The number of likely N-dealkylation sites (N-methyl/N-ethyl adjacent to an activating group) is 1. The second-order valence-corrected chi connectivity index (χ2v) is 8.48. The molecule has 1 saturated carbocycles. The number of hydrogen-bond donors (Lipinski definition) is 3. The van der Waals surface area contributed by atoms with Crippen LogP contribution in [0.1, 0.15) is 50.1 Å². The van der Waals surface area contributed by atoms with E-state index in [1.807, 2.05) is 25.1 Å². The highest BCUT2D eigenvalue weighted by molar-refractivity contribution is 6.31. The molecule has 188 valence electrons. The van der Waals surface area contributed by atoms with Gasteiger partial charge in [0.15, 0.2) is 0 Å². The number of rotatable bonds is 6. The molecular weight excluding hydrogens is 492 g/mol. The van der Waals surface area contributed by atoms with Gasteiger partial charge in [-0.05, 0) is 38.7 Å². The van der Waals surface area contributed by atoms with Crippen LogP contribution >= 0.6 is 11.6 Å². The number of fused-ring (bicyclic) bond motifs is 1. The second kappa shape index (κ2) is 10.3. The summed E-state index contributed by atoms with van der Waals surface area (Å²) < 4.78 is 15.6. The highest BCUT2D eigenvalue weighted by Gasteiger charge is 2.56. The summed E-state index contributed by atoms with van der Waals surface area (Å²) in [7, 11) is 1.78. The maximum atomic E-state index is 11.3. The minimum atomic E-state index is -1.02. The summed E-state index contributed by atoms with van der Waals surface area (Å²) in [5.74, 6) is 5.84. The molecule has 2 atom stereocenters. The van der Waals surface area contributed by atoms with Gasteiger partial charge in [-0.2, -0.15) is 9.97 Å². The van der Waals surface area contributed by atoms with Gasteiger partial charge in [-0.3, -0.25) is 9.59 Å². The van der Waals surface area contributed by atoms with Crippen LogP contribution in [-0.2, 0) is 24.6 Å². The molecule has 1 aliphatic carbocycles. The molecule has 0 radical (unpaired) electrons. The Labute approximate surface area is 210 Å². The van der Waals surface area contributed by atoms with Gasteiger partial charge in [-0.1, -0.05) is 35.7 Å². The summed E-state index contributed by atoms with van der Waals surface area (Å²) in [5, 5.41) is 12.9. The minimum Gasteiger partial charge on any atom is -0.480 e. The van der Waals surface area contributed by atoms with Crippen molar-refractivity contribution in [3.63, 3.8) is 0 Å². The topological polar surface area (TPSA) is 149 Å². The number of nitrogens with one attached hydrogen (secondary N) is 2. The summed E-state index contributed by atoms with van der Waals surface area (Å²) in [4.78, 5) is 34.8. The van der Waals surface area contributed by atoms with Gasteiger partial charge in [0.1, 0.15) is 23.3 Å². The second-order valence-electron chi connectivity index (χ2n) is 8.07. The number of hydroxylamine groups is 1. The molecule has 36 heavy (non-hydrogen) atoms. The SMILES string of the molecule is CC(OC=O)c1ccccc1Cl.CNC1=C(C)ONC1C#Cc1nc2nc(C3(C(=O)O)CC3)oc2o1. The van der Waals surface area contributed by atoms with Crippen LogP contribution in [0, 0.1) is 11.8 Å². The molecular formula is C24H23ClN4O7. The lowest BCUT2D eigenvalue weighted by Gasteiger charge is -2.10. The third-order valence-electron chi connectivity index (χ3n) is 5.74. The predicted molar refractivity (Wildman–Crippen MR) is 126 cm³/mol. The lowest BCUT2D eigenvalue weighted by molar-refractivity contribution is -0.140. The number of allylic oxidation sites excluding steroid dienone is 1. The average molecular weight is 515 g/mol. The van der Waals surface area contributed by atoms with Gasteiger partial charge in [-0.15, -0.1) is 5.48 Å². The molecule has 12 heteroatoms. The van der Waals surface area contributed by atoms with E-state index < -0.39 is 11.4 Å². The van der Waals surface area contributed by atoms with Crippen molar-refractivity contribution in [1.82, 2.24) is 20.8 Å². The highest BCUT2D eigenvalue weighted by atomic mass is 35.5. The van der Waals surface area contributed by atoms with E-state index in [2.05, 4.69) is 32.6 Å². The van der Waals surface area contributed by atoms with Gasteiger partial charge >= 0.3 is 11.7 Å². The molecule has 11 nitrogen and oxygen atoms in total. The number of oxazole rings is 2. The van der Waals surface area contributed by atoms with Crippen molar-refractivity contribution in [1.29, 1.82) is 0 Å². The van der Waals surface area contributed by atoms with Gasteiger partial charge in [0.05, 0.1) is 5.70 Å². The van der Waals surface area contributed by atoms with Crippen molar-refractivity contribution in [3.8, 4) is 11.8 Å². The largest absolute Gasteiger partial charge is 0.480 e. The first-order valence-corrected chi connectivity index (χ1v) is 11.3. The zero-order valence-electron chi connectivity index (χ0n) is 19.6. The Morgan fingerprint density at radius 2 is 2.11 bits per heavy atom. The summed E-state index contributed by atoms with van der Waals surface area (Å²) in [6, 6.07) is 6.96. The molecule has 1 fully saturated rings. The Kier molecular flexibility index (Phi) is 7.19. The Hall–Kier alpha value is -4.01. The van der Waals surface area contributed by atoms with Crippen molar-refractivity contribution >= 4 is 35.5 Å². The van der Waals surface area contributed by atoms with E-state index in [-0.39, 0.29) is 35.4 Å². The number of carbonyl (C=O) groups excluding carboxylic acids is 1. The Morgan fingerprint density at radius 1 is 1.36 bits per heavy atom. The molecule has 1 aliphatic heterocycles. The summed E-state index contributed by atoms with van der Waals surface area (Å²) in [6.07, 6.45) is 0.727. The van der Waals surface area contributed by atoms with Gasteiger partial charge in [-0.25, -0.2) is 0 Å². The maximum absolute atomic E-state index is 11.3. The average Bonchev–Trinajstić information content (AvgIpc) is 3.27. The number of carboxylic acid groups (broad SMARTS) is 1. The van der Waals surface area contributed by atoms with E-state index >= 15 is 0 Å². The quantitative estimate of drug-likeness (QED) is 0.328. The first-order valence-electron chi connectivity index (χ1n) is 11.0. The number of aliphatic carboxylic acids is 1. The minimum absolute atomic E-state index is 0.0815. The van der Waals surface area contributed by atoms with E-state index in [0.717, 1.165) is 11.3 Å². The van der Waals surface area contributed by atoms with Gasteiger partial charge in [0.2, 0.25) is 11.5 Å². The van der Waals surface area contributed by atoms with Crippen LogP contribution in [0.2, 0.25) is 5.02 Å². The molecule has 5 rings (SSSR count). The molecule has 0 amide bonds. The van der Waals surface area contributed by atoms with Crippen LogP contribution in [0.15, 0.2) is 44.6 Å². The monoisotopic (exact) mass is 514 g/mol. The lowest BCUT2D eigenvalue weighted by Crippen LogP contribution is -2.27. The van der Waals surface area contributed by atoms with Crippen LogP contribution < -0.4 is 10.8 Å². The molecule has 0 saturated heterocycles. The van der Waals surface area contributed by atoms with Gasteiger partial charge in [0, 0.05) is 17.6 Å². The molecule has 3 aromatic rings. The Bertz CT molecular complexity index is 1350. The van der Waals surface area contributed by atoms with Crippen molar-refractivity contribution in [3.05, 3.63) is 58.1 Å². The number of nitrogens with zero attached hydrogens (tertiary/aromatic N) is 2. The number of carboxylic acids is 1. The highest BCUT2D eigenvalue weighted by Crippen LogP contribution is 2.48. The Morgan fingerprint density at radius 3 is 2.72 bits per heavy atom. The van der Waals surface area contributed by atoms with Crippen molar-refractivity contribution in [2.75, 3.05) is 7.05 Å². The zero-order valence-corrected chi connectivity index (χ0v) is 20.4. The van der Waals surface area contributed by atoms with Crippen molar-refractivity contribution < 1.29 is 33.1 Å². The van der Waals surface area contributed by atoms with Crippen molar-refractivity contribution in [2.24, 2.45) is 0 Å². The molecule has 0 spiro atoms. The molecule has 0 bridgehead atoms.